The van der Waals surface area contributed by atoms with Gasteiger partial charge in [0.15, 0.2) is 0 Å². The van der Waals surface area contributed by atoms with Gasteiger partial charge in [-0.05, 0) is 73.5 Å². The Morgan fingerprint density at radius 1 is 1.00 bits per heavy atom. The van der Waals surface area contributed by atoms with Crippen molar-refractivity contribution in [2.75, 3.05) is 30.4 Å². The molecular weight excluding hydrogens is 554 g/mol. The fourth-order valence-electron chi connectivity index (χ4n) is 5.91. The number of nitrogens with one attached hydrogen (secondary N) is 3. The summed E-state index contributed by atoms with van der Waals surface area (Å²) in [6.07, 6.45) is 3.83. The van der Waals surface area contributed by atoms with Gasteiger partial charge >= 0.3 is 0 Å². The van der Waals surface area contributed by atoms with Crippen LogP contribution in [0.25, 0.3) is 11.0 Å². The number of aromatic nitrogens is 3. The number of piperidine rings is 1. The van der Waals surface area contributed by atoms with Crippen LogP contribution in [0.5, 0.6) is 5.75 Å². The van der Waals surface area contributed by atoms with Crippen LogP contribution in [-0.2, 0) is 6.42 Å². The van der Waals surface area contributed by atoms with Gasteiger partial charge in [0.1, 0.15) is 29.4 Å². The highest BCUT2D eigenvalue weighted by Gasteiger charge is 2.29. The van der Waals surface area contributed by atoms with Crippen molar-refractivity contribution in [3.63, 3.8) is 0 Å². The number of carbonyl (C=O) groups is 1. The number of nitrogens with zero attached hydrogens (tertiary/aromatic N) is 4. The molecule has 10 heteroatoms. The number of fused-ring (bicyclic) bond motifs is 2. The number of pyridine rings is 1. The first-order valence-corrected chi connectivity index (χ1v) is 14.9. The van der Waals surface area contributed by atoms with E-state index in [2.05, 4.69) is 20.9 Å². The number of rotatable bonds is 7. The predicted molar refractivity (Wildman–Crippen MR) is 171 cm³/mol. The van der Waals surface area contributed by atoms with E-state index in [4.69, 9.17) is 9.72 Å². The van der Waals surface area contributed by atoms with Gasteiger partial charge in [-0.3, -0.25) is 14.2 Å². The highest BCUT2D eigenvalue weighted by molar-refractivity contribution is 5.97. The third-order valence-corrected chi connectivity index (χ3v) is 8.21. The van der Waals surface area contributed by atoms with Crippen LogP contribution in [0.1, 0.15) is 34.9 Å². The minimum atomic E-state index is -0.634. The summed E-state index contributed by atoms with van der Waals surface area (Å²) in [7, 11) is 1.85. The summed E-state index contributed by atoms with van der Waals surface area (Å²) in [5.41, 5.74) is 3.74. The third-order valence-electron chi connectivity index (χ3n) is 8.21. The predicted octanol–water partition coefficient (Wildman–Crippen LogP) is 4.92. The summed E-state index contributed by atoms with van der Waals surface area (Å²) in [6.45, 7) is 1.89. The van der Waals surface area contributed by atoms with E-state index < -0.39 is 6.17 Å². The first-order chi connectivity index (χ1) is 21.5. The third kappa shape index (κ3) is 5.47. The Bertz CT molecular complexity index is 1870. The summed E-state index contributed by atoms with van der Waals surface area (Å²) < 4.78 is 7.70. The molecule has 0 spiro atoms. The lowest BCUT2D eigenvalue weighted by atomic mass is 9.98. The topological polar surface area (TPSA) is 113 Å². The second-order valence-electron chi connectivity index (χ2n) is 11.2. The van der Waals surface area contributed by atoms with Crippen LogP contribution in [0.3, 0.4) is 0 Å². The zero-order chi connectivity index (χ0) is 30.0. The number of carbonyl (C=O) groups excluding carboxylic acids is 1. The molecule has 222 valence electrons. The highest BCUT2D eigenvalue weighted by Crippen LogP contribution is 2.29. The van der Waals surface area contributed by atoms with Crippen molar-refractivity contribution in [2.45, 2.75) is 31.5 Å². The molecule has 2 aliphatic heterocycles. The van der Waals surface area contributed by atoms with Crippen LogP contribution in [-0.4, -0.2) is 46.7 Å². The molecule has 5 aromatic rings. The molecule has 4 heterocycles. The molecule has 0 saturated carbocycles. The fourth-order valence-corrected chi connectivity index (χ4v) is 5.91. The molecule has 1 amide bonds. The monoisotopic (exact) mass is 587 g/mol. The molecule has 10 nitrogen and oxygen atoms in total. The first kappa shape index (κ1) is 27.6. The number of hydrogen-bond donors (Lipinski definition) is 3. The average Bonchev–Trinajstić information content (AvgIpc) is 3.06. The number of hydrogen-bond acceptors (Lipinski definition) is 8. The van der Waals surface area contributed by atoms with E-state index in [1.54, 1.807) is 22.9 Å². The number of para-hydroxylation sites is 1. The molecule has 2 aromatic heterocycles. The molecule has 1 fully saturated rings. The van der Waals surface area contributed by atoms with Gasteiger partial charge in [-0.1, -0.05) is 36.4 Å². The molecule has 0 bridgehead atoms. The first-order valence-electron chi connectivity index (χ1n) is 14.9. The van der Waals surface area contributed by atoms with Gasteiger partial charge in [0.25, 0.3) is 11.5 Å². The molecule has 0 radical (unpaired) electrons. The van der Waals surface area contributed by atoms with Crippen molar-refractivity contribution in [2.24, 2.45) is 0 Å². The molecule has 0 aliphatic carbocycles. The van der Waals surface area contributed by atoms with Crippen LogP contribution in [0.15, 0.2) is 95.9 Å². The van der Waals surface area contributed by atoms with E-state index in [0.717, 1.165) is 48.6 Å². The van der Waals surface area contributed by atoms with Crippen LogP contribution in [0.2, 0.25) is 0 Å². The summed E-state index contributed by atoms with van der Waals surface area (Å²) in [6, 6.07) is 26.6. The van der Waals surface area contributed by atoms with Crippen LogP contribution in [0, 0.1) is 0 Å². The Balaban J connectivity index is 1.25. The van der Waals surface area contributed by atoms with Crippen molar-refractivity contribution in [3.8, 4) is 5.75 Å². The van der Waals surface area contributed by atoms with Gasteiger partial charge in [0.05, 0.1) is 0 Å². The van der Waals surface area contributed by atoms with Gasteiger partial charge in [0, 0.05) is 48.5 Å². The molecular formula is C34H33N7O3. The van der Waals surface area contributed by atoms with Crippen LogP contribution < -0.4 is 31.1 Å². The lowest BCUT2D eigenvalue weighted by Crippen LogP contribution is -2.43. The Kier molecular flexibility index (Phi) is 7.41. The van der Waals surface area contributed by atoms with Crippen molar-refractivity contribution in [1.82, 2.24) is 25.2 Å². The Morgan fingerprint density at radius 3 is 2.59 bits per heavy atom. The van der Waals surface area contributed by atoms with Crippen molar-refractivity contribution in [1.29, 1.82) is 0 Å². The standard InChI is InChI=1S/C34H33N7O3/c1-40(25-9-3-2-4-10-25)29-18-23-20-36-34(37-24-13-15-26(16-14-24)44-27-11-7-17-35-21-27)39-31(23)41(33(29)43)30-19-22-8-5-6-12-28(22)32(42)38-30/h2-6,8-10,12-16,18,20,27,30,35H,7,11,17,19,21H2,1H3,(H,38,42)(H,36,37,39). The van der Waals surface area contributed by atoms with Gasteiger partial charge < -0.3 is 25.6 Å². The van der Waals surface area contributed by atoms with Crippen molar-refractivity contribution >= 4 is 40.0 Å². The quantitative estimate of drug-likeness (QED) is 0.246. The number of amides is 1. The smallest absolute Gasteiger partial charge is 0.277 e. The normalized spacial score (nSPS) is 17.9. The highest BCUT2D eigenvalue weighted by atomic mass is 16.5. The Labute approximate surface area is 254 Å². The SMILES string of the molecule is CN(c1ccccc1)c1cc2cnc(Nc3ccc(OC4CCCNC4)cc3)nc2n(C2Cc3ccccc3C(=O)N2)c1=O. The van der Waals surface area contributed by atoms with Gasteiger partial charge in [-0.15, -0.1) is 0 Å². The van der Waals surface area contributed by atoms with Gasteiger partial charge in [0.2, 0.25) is 5.95 Å². The zero-order valence-corrected chi connectivity index (χ0v) is 24.4. The van der Waals surface area contributed by atoms with Gasteiger partial charge in [-0.2, -0.15) is 4.98 Å². The largest absolute Gasteiger partial charge is 0.489 e. The Hall–Kier alpha value is -5.22. The number of benzene rings is 3. The van der Waals surface area contributed by atoms with Crippen LogP contribution in [0.4, 0.5) is 23.0 Å². The second-order valence-corrected chi connectivity index (χ2v) is 11.2. The van der Waals surface area contributed by atoms with E-state index in [-0.39, 0.29) is 17.6 Å². The lowest BCUT2D eigenvalue weighted by molar-refractivity contribution is 0.0905. The van der Waals surface area contributed by atoms with Gasteiger partial charge in [-0.25, -0.2) is 4.98 Å². The van der Waals surface area contributed by atoms with E-state index >= 15 is 0 Å². The molecule has 3 aromatic carbocycles. The average molecular weight is 588 g/mol. The molecule has 44 heavy (non-hydrogen) atoms. The number of anilines is 4. The summed E-state index contributed by atoms with van der Waals surface area (Å²) in [4.78, 5) is 38.6. The van der Waals surface area contributed by atoms with E-state index in [1.807, 2.05) is 84.7 Å². The van der Waals surface area contributed by atoms with E-state index in [0.29, 0.717) is 34.7 Å². The van der Waals surface area contributed by atoms with Crippen molar-refractivity contribution in [3.05, 3.63) is 113 Å². The minimum absolute atomic E-state index is 0.168. The number of ether oxygens (including phenoxy) is 1. The maximum Gasteiger partial charge on any atom is 0.277 e. The lowest BCUT2D eigenvalue weighted by Gasteiger charge is -2.29. The Morgan fingerprint density at radius 2 is 1.80 bits per heavy atom. The molecule has 1 saturated heterocycles. The molecule has 7 rings (SSSR count). The molecule has 2 aliphatic rings. The summed E-state index contributed by atoms with van der Waals surface area (Å²) in [5, 5.41) is 10.3. The maximum absolute atomic E-state index is 14.3. The summed E-state index contributed by atoms with van der Waals surface area (Å²) in [5.74, 6) is 0.917. The minimum Gasteiger partial charge on any atom is -0.489 e. The van der Waals surface area contributed by atoms with Crippen LogP contribution >= 0.6 is 0 Å². The molecule has 2 atom stereocenters. The van der Waals surface area contributed by atoms with E-state index in [1.165, 1.54) is 0 Å². The molecule has 2 unspecified atom stereocenters. The molecule has 3 N–H and O–H groups in total. The zero-order valence-electron chi connectivity index (χ0n) is 24.4. The van der Waals surface area contributed by atoms with Crippen molar-refractivity contribution < 1.29 is 9.53 Å². The fraction of sp³-hybridized carbons (Fsp3) is 0.235. The van der Waals surface area contributed by atoms with E-state index in [9.17, 15) is 9.59 Å². The second kappa shape index (κ2) is 11.8. The maximum atomic E-state index is 14.3. The summed E-state index contributed by atoms with van der Waals surface area (Å²) >= 11 is 0.